The van der Waals surface area contributed by atoms with Gasteiger partial charge >= 0.3 is 0 Å². The van der Waals surface area contributed by atoms with E-state index in [-0.39, 0.29) is 76.0 Å². The van der Waals surface area contributed by atoms with E-state index in [0.29, 0.717) is 16.8 Å². The van der Waals surface area contributed by atoms with Gasteiger partial charge in [0.2, 0.25) is 53.2 Å². The summed E-state index contributed by atoms with van der Waals surface area (Å²) < 4.78 is 0. The summed E-state index contributed by atoms with van der Waals surface area (Å²) in [6.45, 7) is 1.10. The number of primary amides is 1. The highest BCUT2D eigenvalue weighted by Crippen LogP contribution is 2.20. The predicted molar refractivity (Wildman–Crippen MR) is 274 cm³/mol. The van der Waals surface area contributed by atoms with Gasteiger partial charge in [-0.15, -0.1) is 0 Å². The molecule has 1 saturated heterocycles. The smallest absolute Gasteiger partial charge is 0.247 e. The van der Waals surface area contributed by atoms with Crippen LogP contribution in [0.2, 0.25) is 0 Å². The Kier molecular flexibility index (Phi) is 20.0. The molecule has 0 spiro atoms. The number of para-hydroxylation sites is 1. The molecule has 5 aromatic rings. The SMILES string of the molecule is CC(=O)N[C@@H](Cc1ccccc1)C(=O)N[C@H]1CCC(=O)NCC[C@@H](C(=O)N[C@@H](Cc2c[nH]c3ccccc23)C(N)=O)NC(=O)[C@H](CCCNC(=N)N)NC(=O)C(c2ccccc2)NC(=O)[C@H](Cc2c[nH]cn2)NC1=O. The van der Waals surface area contributed by atoms with Gasteiger partial charge in [0.05, 0.1) is 12.0 Å². The lowest BCUT2D eigenvalue weighted by molar-refractivity contribution is -0.136. The molecule has 9 amide bonds. The van der Waals surface area contributed by atoms with Crippen LogP contribution in [0.15, 0.2) is 104 Å². The maximum atomic E-state index is 14.6. The number of fused-ring (bicyclic) bond motifs is 1. The van der Waals surface area contributed by atoms with Gasteiger partial charge in [-0.05, 0) is 48.4 Å². The summed E-state index contributed by atoms with van der Waals surface area (Å²) in [5.74, 6) is -7.49. The quantitative estimate of drug-likeness (QED) is 0.0295. The number of hydrogen-bond donors (Lipinski definition) is 14. The van der Waals surface area contributed by atoms with Gasteiger partial charge in [0.25, 0.3) is 0 Å². The van der Waals surface area contributed by atoms with Crippen molar-refractivity contribution in [3.63, 3.8) is 0 Å². The summed E-state index contributed by atoms with van der Waals surface area (Å²) in [4.78, 5) is 135. The highest BCUT2D eigenvalue weighted by molar-refractivity contribution is 5.98. The lowest BCUT2D eigenvalue weighted by atomic mass is 10.0. The number of aromatic nitrogens is 3. The molecule has 16 N–H and O–H groups in total. The molecule has 1 fully saturated rings. The summed E-state index contributed by atoms with van der Waals surface area (Å²) in [6, 6.07) is 14.5. The number of rotatable bonds is 17. The number of guanidine groups is 1. The van der Waals surface area contributed by atoms with Crippen molar-refractivity contribution in [3.05, 3.63) is 126 Å². The molecule has 75 heavy (non-hydrogen) atoms. The van der Waals surface area contributed by atoms with Crippen LogP contribution in [0.25, 0.3) is 10.9 Å². The van der Waals surface area contributed by atoms with Gasteiger partial charge in [-0.25, -0.2) is 4.98 Å². The minimum absolute atomic E-state index is 0.0252. The molecule has 0 saturated carbocycles. The number of nitrogens with zero attached hydrogens (tertiary/aromatic N) is 1. The van der Waals surface area contributed by atoms with Gasteiger partial charge in [-0.2, -0.15) is 0 Å². The van der Waals surface area contributed by atoms with Gasteiger partial charge in [0, 0.05) is 69.0 Å². The number of H-pyrrole nitrogens is 2. The molecule has 3 heterocycles. The van der Waals surface area contributed by atoms with Crippen LogP contribution in [0.3, 0.4) is 0 Å². The Labute approximate surface area is 431 Å². The van der Waals surface area contributed by atoms with Gasteiger partial charge in [0.1, 0.15) is 42.3 Å². The Morgan fingerprint density at radius 2 is 1.45 bits per heavy atom. The van der Waals surface area contributed by atoms with E-state index in [2.05, 4.69) is 62.8 Å². The fourth-order valence-corrected chi connectivity index (χ4v) is 8.46. The Morgan fingerprint density at radius 1 is 0.760 bits per heavy atom. The third-order valence-electron chi connectivity index (χ3n) is 12.3. The Morgan fingerprint density at radius 3 is 2.15 bits per heavy atom. The normalized spacial score (nSPS) is 19.9. The topological polar surface area (TPSA) is 382 Å². The van der Waals surface area contributed by atoms with Crippen LogP contribution in [0, 0.1) is 5.41 Å². The number of carbonyl (C=O) groups excluding carboxylic acids is 9. The molecule has 7 atom stereocenters. The van der Waals surface area contributed by atoms with E-state index in [0.717, 1.165) is 10.9 Å². The Bertz CT molecular complexity index is 2810. The van der Waals surface area contributed by atoms with E-state index in [1.165, 1.54) is 19.4 Å². The number of imidazole rings is 1. The molecule has 0 radical (unpaired) electrons. The predicted octanol–water partition coefficient (Wildman–Crippen LogP) is -1.25. The molecule has 3 aromatic carbocycles. The van der Waals surface area contributed by atoms with E-state index >= 15 is 0 Å². The maximum Gasteiger partial charge on any atom is 0.247 e. The van der Waals surface area contributed by atoms with Gasteiger partial charge in [-0.1, -0.05) is 78.9 Å². The van der Waals surface area contributed by atoms with Crippen LogP contribution in [-0.4, -0.2) is 123 Å². The fourth-order valence-electron chi connectivity index (χ4n) is 8.46. The maximum absolute atomic E-state index is 14.6. The molecule has 0 aliphatic carbocycles. The zero-order valence-electron chi connectivity index (χ0n) is 41.2. The number of nitrogens with two attached hydrogens (primary N) is 2. The van der Waals surface area contributed by atoms with Crippen LogP contribution in [-0.2, 0) is 62.4 Å². The zero-order chi connectivity index (χ0) is 53.9. The second-order valence-electron chi connectivity index (χ2n) is 18.0. The first-order valence-electron chi connectivity index (χ1n) is 24.4. The van der Waals surface area contributed by atoms with Crippen molar-refractivity contribution in [2.45, 2.75) is 101 Å². The number of hydrogen-bond acceptors (Lipinski definition) is 11. The van der Waals surface area contributed by atoms with E-state index in [9.17, 15) is 43.2 Å². The zero-order valence-corrected chi connectivity index (χ0v) is 41.2. The third kappa shape index (κ3) is 16.7. The molecule has 1 aliphatic rings. The van der Waals surface area contributed by atoms with Crippen molar-refractivity contribution in [1.82, 2.24) is 62.8 Å². The van der Waals surface area contributed by atoms with Gasteiger partial charge in [0.15, 0.2) is 5.96 Å². The largest absolute Gasteiger partial charge is 0.370 e. The lowest BCUT2D eigenvalue weighted by Gasteiger charge is -2.28. The molecular formula is C51H63N15O9. The summed E-state index contributed by atoms with van der Waals surface area (Å²) in [6.07, 6.45) is 3.45. The molecule has 2 aromatic heterocycles. The highest BCUT2D eigenvalue weighted by Gasteiger charge is 2.35. The van der Waals surface area contributed by atoms with Crippen LogP contribution in [0.4, 0.5) is 0 Å². The molecule has 24 nitrogen and oxygen atoms in total. The highest BCUT2D eigenvalue weighted by atomic mass is 16.2. The van der Waals surface area contributed by atoms with Crippen LogP contribution >= 0.6 is 0 Å². The number of carbonyl (C=O) groups is 9. The lowest BCUT2D eigenvalue weighted by Crippen LogP contribution is -2.59. The van der Waals surface area contributed by atoms with Crippen molar-refractivity contribution in [1.29, 1.82) is 5.41 Å². The number of benzene rings is 3. The average Bonchev–Trinajstić information content (AvgIpc) is 4.06. The third-order valence-corrected chi connectivity index (χ3v) is 12.3. The van der Waals surface area contributed by atoms with Crippen molar-refractivity contribution < 1.29 is 43.2 Å². The first-order valence-corrected chi connectivity index (χ1v) is 24.4. The van der Waals surface area contributed by atoms with Crippen molar-refractivity contribution in [2.24, 2.45) is 11.5 Å². The number of amides is 9. The summed E-state index contributed by atoms with van der Waals surface area (Å²) in [7, 11) is 0. The van der Waals surface area contributed by atoms with E-state index in [1.54, 1.807) is 66.9 Å². The molecule has 396 valence electrons. The second kappa shape index (κ2) is 27.1. The second-order valence-corrected chi connectivity index (χ2v) is 18.0. The van der Waals surface area contributed by atoms with Crippen molar-refractivity contribution in [3.8, 4) is 0 Å². The van der Waals surface area contributed by atoms with Gasteiger partial charge < -0.3 is 69.3 Å². The summed E-state index contributed by atoms with van der Waals surface area (Å²) in [5.41, 5.74) is 14.1. The van der Waals surface area contributed by atoms with Gasteiger partial charge in [-0.3, -0.25) is 48.6 Å². The molecule has 1 aliphatic heterocycles. The summed E-state index contributed by atoms with van der Waals surface area (Å²) >= 11 is 0. The summed E-state index contributed by atoms with van der Waals surface area (Å²) in [5, 5.41) is 32.4. The van der Waals surface area contributed by atoms with E-state index < -0.39 is 95.5 Å². The molecule has 6 rings (SSSR count). The van der Waals surface area contributed by atoms with Crippen molar-refractivity contribution in [2.75, 3.05) is 13.1 Å². The minimum Gasteiger partial charge on any atom is -0.370 e. The standard InChI is InChI=1S/C51H63N15O9/c1-29(67)60-40(23-30-11-4-2-5-12-30)48(73)61-37-18-19-42(68)56-22-20-38(47(72)64-39(44(52)69)24-32-26-58-35-16-9-8-15-34(32)35)62-45(70)36(17-10-21-57-51(53)54)63-50(75)43(31-13-6-3-7-14-31)66-49(74)41(65-46(37)71)25-33-27-55-28-59-33/h2-9,11-16,26-28,36-41,43,58H,10,17-25H2,1H3,(H2,52,69)(H,55,59)(H,56,68)(H,60,67)(H,61,73)(H,62,70)(H,63,75)(H,64,72)(H,65,71)(H,66,74)(H4,53,54,57)/t36-,37-,38-,39-,40-,41-,43?/m0/s1. The van der Waals surface area contributed by atoms with E-state index in [1.807, 2.05) is 24.3 Å². The molecule has 24 heteroatoms. The van der Waals surface area contributed by atoms with Crippen LogP contribution in [0.5, 0.6) is 0 Å². The van der Waals surface area contributed by atoms with Crippen LogP contribution < -0.4 is 59.3 Å². The fraction of sp³-hybridized carbons (Fsp3) is 0.353. The number of nitrogens with one attached hydrogen (secondary N) is 12. The monoisotopic (exact) mass is 1030 g/mol. The van der Waals surface area contributed by atoms with E-state index in [4.69, 9.17) is 16.9 Å². The molecule has 1 unspecified atom stereocenters. The van der Waals surface area contributed by atoms with Crippen LogP contribution in [0.1, 0.15) is 67.5 Å². The molecule has 0 bridgehead atoms. The average molecular weight is 1030 g/mol. The first-order chi connectivity index (χ1) is 36.0. The molecular weight excluding hydrogens is 967 g/mol. The van der Waals surface area contributed by atoms with Crippen molar-refractivity contribution >= 4 is 70.0 Å². The Balaban J connectivity index is 1.34. The first kappa shape index (κ1) is 55.2. The number of aromatic amines is 2. The minimum atomic E-state index is -1.50. The Hall–Kier alpha value is -9.09.